The SMILES string of the molecule is C[C@@H]1CN(S(=O)(=O)N(Cc2ccc(C(=O)NN)cn2)c2cccc(Cl)c2)CCN1C. The van der Waals surface area contributed by atoms with Crippen LogP contribution in [0.25, 0.3) is 0 Å². The Balaban J connectivity index is 1.94. The number of nitrogens with one attached hydrogen (secondary N) is 1. The number of aromatic nitrogens is 1. The summed E-state index contributed by atoms with van der Waals surface area (Å²) >= 11 is 6.13. The molecule has 1 aliphatic rings. The highest BCUT2D eigenvalue weighted by Crippen LogP contribution is 2.27. The van der Waals surface area contributed by atoms with E-state index in [4.69, 9.17) is 17.4 Å². The molecule has 0 unspecified atom stereocenters. The fraction of sp³-hybridized carbons (Fsp3) is 0.368. The third kappa shape index (κ3) is 4.90. The number of hydrazine groups is 1. The molecule has 162 valence electrons. The van der Waals surface area contributed by atoms with E-state index in [1.807, 2.05) is 19.4 Å². The maximum absolute atomic E-state index is 13.6. The number of hydrogen-bond donors (Lipinski definition) is 2. The van der Waals surface area contributed by atoms with Gasteiger partial charge in [0.25, 0.3) is 5.91 Å². The predicted molar refractivity (Wildman–Crippen MR) is 116 cm³/mol. The Morgan fingerprint density at radius 1 is 1.33 bits per heavy atom. The van der Waals surface area contributed by atoms with E-state index in [2.05, 4.69) is 9.88 Å². The minimum atomic E-state index is -3.84. The first-order valence-corrected chi connectivity index (χ1v) is 11.2. The molecule has 1 fully saturated rings. The first-order chi connectivity index (χ1) is 14.2. The standard InChI is InChI=1S/C19H25ClN6O3S/c1-14-12-25(9-8-24(14)2)30(28,29)26(18-5-3-4-16(20)10-18)13-17-7-6-15(11-22-17)19(27)23-21/h3-7,10-11,14H,8-9,12-13,21H2,1-2H3,(H,23,27)/t14-/m1/s1. The summed E-state index contributed by atoms with van der Waals surface area (Å²) in [5.41, 5.74) is 3.25. The smallest absolute Gasteiger partial charge is 0.301 e. The molecule has 9 nitrogen and oxygen atoms in total. The minimum absolute atomic E-state index is 0.00603. The maximum Gasteiger partial charge on any atom is 0.304 e. The molecule has 1 aromatic heterocycles. The van der Waals surface area contributed by atoms with Gasteiger partial charge in [0.15, 0.2) is 0 Å². The number of benzene rings is 1. The van der Waals surface area contributed by atoms with Crippen molar-refractivity contribution in [3.05, 3.63) is 58.9 Å². The summed E-state index contributed by atoms with van der Waals surface area (Å²) in [5.74, 6) is 4.66. The molecule has 3 N–H and O–H groups in total. The Morgan fingerprint density at radius 2 is 2.10 bits per heavy atom. The highest BCUT2D eigenvalue weighted by Gasteiger charge is 2.34. The second-order valence-electron chi connectivity index (χ2n) is 7.19. The second kappa shape index (κ2) is 9.27. The normalized spacial score (nSPS) is 18.2. The van der Waals surface area contributed by atoms with E-state index in [1.165, 1.54) is 14.8 Å². The van der Waals surface area contributed by atoms with Crippen molar-refractivity contribution in [2.75, 3.05) is 31.0 Å². The van der Waals surface area contributed by atoms with Crippen molar-refractivity contribution in [1.29, 1.82) is 0 Å². The van der Waals surface area contributed by atoms with Crippen LogP contribution in [0.3, 0.4) is 0 Å². The maximum atomic E-state index is 13.6. The Hall–Kier alpha value is -2.24. The number of halogens is 1. The molecule has 0 saturated carbocycles. The van der Waals surface area contributed by atoms with E-state index >= 15 is 0 Å². The van der Waals surface area contributed by atoms with Crippen molar-refractivity contribution >= 4 is 33.4 Å². The molecular weight excluding hydrogens is 428 g/mol. The van der Waals surface area contributed by atoms with Gasteiger partial charge in [-0.2, -0.15) is 12.7 Å². The highest BCUT2D eigenvalue weighted by atomic mass is 35.5. The number of nitrogens with zero attached hydrogens (tertiary/aromatic N) is 4. The Kier molecular flexibility index (Phi) is 6.94. The van der Waals surface area contributed by atoms with Crippen LogP contribution in [0, 0.1) is 0 Å². The van der Waals surface area contributed by atoms with Crippen LogP contribution >= 0.6 is 11.6 Å². The van der Waals surface area contributed by atoms with Crippen LogP contribution in [0.2, 0.25) is 5.02 Å². The predicted octanol–water partition coefficient (Wildman–Crippen LogP) is 1.23. The number of carbonyl (C=O) groups excluding carboxylic acids is 1. The molecule has 30 heavy (non-hydrogen) atoms. The van der Waals surface area contributed by atoms with Gasteiger partial charge in [0.2, 0.25) is 0 Å². The molecule has 1 aromatic carbocycles. The Bertz CT molecular complexity index is 1000. The van der Waals surface area contributed by atoms with E-state index in [9.17, 15) is 13.2 Å². The summed E-state index contributed by atoms with van der Waals surface area (Å²) in [6.07, 6.45) is 1.36. The van der Waals surface area contributed by atoms with Crippen LogP contribution < -0.4 is 15.6 Å². The number of piperazine rings is 1. The quantitative estimate of drug-likeness (QED) is 0.387. The van der Waals surface area contributed by atoms with Gasteiger partial charge in [-0.1, -0.05) is 17.7 Å². The monoisotopic (exact) mass is 452 g/mol. The van der Waals surface area contributed by atoms with E-state index in [-0.39, 0.29) is 18.2 Å². The molecule has 1 saturated heterocycles. The van der Waals surface area contributed by atoms with Gasteiger partial charge in [0.1, 0.15) is 0 Å². The Labute approximate surface area is 181 Å². The molecule has 3 rings (SSSR count). The third-order valence-corrected chi connectivity index (χ3v) is 7.26. The van der Waals surface area contributed by atoms with Crippen molar-refractivity contribution in [1.82, 2.24) is 19.6 Å². The van der Waals surface area contributed by atoms with E-state index in [1.54, 1.807) is 36.4 Å². The summed E-state index contributed by atoms with van der Waals surface area (Å²) in [6, 6.07) is 9.94. The van der Waals surface area contributed by atoms with Crippen LogP contribution in [-0.2, 0) is 16.8 Å². The molecule has 1 atom stereocenters. The summed E-state index contributed by atoms with van der Waals surface area (Å²) in [6.45, 7) is 3.41. The lowest BCUT2D eigenvalue weighted by molar-refractivity contribution is 0.0953. The molecule has 0 radical (unpaired) electrons. The fourth-order valence-corrected chi connectivity index (χ4v) is 5.04. The number of likely N-dealkylation sites (N-methyl/N-ethyl adjacent to an activating group) is 1. The van der Waals surface area contributed by atoms with Gasteiger partial charge in [-0.15, -0.1) is 0 Å². The average molecular weight is 453 g/mol. The van der Waals surface area contributed by atoms with E-state index in [0.29, 0.717) is 36.0 Å². The number of amides is 1. The van der Waals surface area contributed by atoms with Crippen molar-refractivity contribution in [2.24, 2.45) is 5.84 Å². The summed E-state index contributed by atoms with van der Waals surface area (Å²) < 4.78 is 29.9. The fourth-order valence-electron chi connectivity index (χ4n) is 3.18. The number of rotatable bonds is 6. The van der Waals surface area contributed by atoms with Crippen molar-refractivity contribution in [3.8, 4) is 0 Å². The molecule has 2 aromatic rings. The lowest BCUT2D eigenvalue weighted by Crippen LogP contribution is -2.55. The van der Waals surface area contributed by atoms with E-state index in [0.717, 1.165) is 0 Å². The zero-order valence-electron chi connectivity index (χ0n) is 16.8. The van der Waals surface area contributed by atoms with Gasteiger partial charge in [0, 0.05) is 36.9 Å². The highest BCUT2D eigenvalue weighted by molar-refractivity contribution is 7.90. The molecule has 0 aliphatic carbocycles. The van der Waals surface area contributed by atoms with Crippen LogP contribution in [0.5, 0.6) is 0 Å². The number of nitrogen functional groups attached to an aromatic ring is 1. The van der Waals surface area contributed by atoms with Gasteiger partial charge >= 0.3 is 10.2 Å². The van der Waals surface area contributed by atoms with Crippen LogP contribution in [0.4, 0.5) is 5.69 Å². The molecule has 1 amide bonds. The average Bonchev–Trinajstić information content (AvgIpc) is 2.73. The van der Waals surface area contributed by atoms with Crippen LogP contribution in [0.1, 0.15) is 23.0 Å². The summed E-state index contributed by atoms with van der Waals surface area (Å²) in [7, 11) is -1.86. The first-order valence-electron chi connectivity index (χ1n) is 9.42. The van der Waals surface area contributed by atoms with Crippen molar-refractivity contribution in [2.45, 2.75) is 19.5 Å². The number of hydrogen-bond acceptors (Lipinski definition) is 6. The number of carbonyl (C=O) groups is 1. The lowest BCUT2D eigenvalue weighted by atomic mass is 10.2. The largest absolute Gasteiger partial charge is 0.304 e. The van der Waals surface area contributed by atoms with E-state index < -0.39 is 16.1 Å². The zero-order chi connectivity index (χ0) is 21.9. The molecule has 0 spiro atoms. The van der Waals surface area contributed by atoms with Gasteiger partial charge in [-0.25, -0.2) is 5.84 Å². The van der Waals surface area contributed by atoms with Gasteiger partial charge in [-0.3, -0.25) is 19.5 Å². The zero-order valence-corrected chi connectivity index (χ0v) is 18.4. The Morgan fingerprint density at radius 3 is 2.70 bits per heavy atom. The molecule has 1 aliphatic heterocycles. The molecule has 11 heteroatoms. The van der Waals surface area contributed by atoms with Gasteiger partial charge in [0.05, 0.1) is 23.5 Å². The van der Waals surface area contributed by atoms with Gasteiger partial charge in [-0.05, 0) is 44.3 Å². The number of pyridine rings is 1. The van der Waals surface area contributed by atoms with Crippen LogP contribution in [0.15, 0.2) is 42.6 Å². The van der Waals surface area contributed by atoms with Gasteiger partial charge < -0.3 is 4.90 Å². The minimum Gasteiger partial charge on any atom is -0.301 e. The van der Waals surface area contributed by atoms with Crippen molar-refractivity contribution in [3.63, 3.8) is 0 Å². The summed E-state index contributed by atoms with van der Waals surface area (Å²) in [5, 5.41) is 0.433. The molecule has 0 bridgehead atoms. The summed E-state index contributed by atoms with van der Waals surface area (Å²) in [4.78, 5) is 18.0. The second-order valence-corrected chi connectivity index (χ2v) is 9.48. The van der Waals surface area contributed by atoms with Crippen LogP contribution in [-0.4, -0.2) is 61.2 Å². The molecular formula is C19H25ClN6O3S. The number of anilines is 1. The third-order valence-electron chi connectivity index (χ3n) is 5.15. The lowest BCUT2D eigenvalue weighted by Gasteiger charge is -2.39. The van der Waals surface area contributed by atoms with Crippen molar-refractivity contribution < 1.29 is 13.2 Å². The first kappa shape index (κ1) is 22.4. The topological polar surface area (TPSA) is 112 Å². The molecule has 2 heterocycles. The number of nitrogens with two attached hydrogens (primary N) is 1.